The number of nitrogens with one attached hydrogen (secondary N) is 1. The van der Waals surface area contributed by atoms with Gasteiger partial charge in [-0.3, -0.25) is 10.3 Å². The molecule has 0 amide bonds. The number of benzene rings is 1. The molecule has 94 valence electrons. The van der Waals surface area contributed by atoms with Gasteiger partial charge in [0.15, 0.2) is 0 Å². The first kappa shape index (κ1) is 14.2. The molecular weight excluding hydrogens is 278 g/mol. The van der Waals surface area contributed by atoms with E-state index in [-0.39, 0.29) is 11.8 Å². The molecule has 0 heterocycles. The van der Waals surface area contributed by atoms with Crippen molar-refractivity contribution in [3.8, 4) is 0 Å². The third-order valence-electron chi connectivity index (χ3n) is 2.86. The minimum Gasteiger partial charge on any atom is -0.387 e. The van der Waals surface area contributed by atoms with Gasteiger partial charge in [-0.05, 0) is 18.2 Å². The van der Waals surface area contributed by atoms with Gasteiger partial charge >= 0.3 is 0 Å². The molecule has 4 heteroatoms. The third-order valence-corrected chi connectivity index (χ3v) is 3.64. The van der Waals surface area contributed by atoms with Crippen LogP contribution in [0.1, 0.15) is 19.4 Å². The van der Waals surface area contributed by atoms with Crippen molar-refractivity contribution >= 4 is 21.8 Å². The second kappa shape index (κ2) is 6.77. The highest BCUT2D eigenvalue weighted by Crippen LogP contribution is 2.18. The van der Waals surface area contributed by atoms with Crippen LogP contribution < -0.4 is 5.73 Å². The van der Waals surface area contributed by atoms with Gasteiger partial charge in [-0.1, -0.05) is 48.0 Å². The lowest BCUT2D eigenvalue weighted by Gasteiger charge is -2.24. The SMILES string of the molecule is CCN(Cc1ccccc1Br)CC(C)C(=N)N. The summed E-state index contributed by atoms with van der Waals surface area (Å²) in [6, 6.07) is 8.23. The predicted octanol–water partition coefficient (Wildman–Crippen LogP) is 2.84. The maximum atomic E-state index is 7.43. The molecule has 3 nitrogen and oxygen atoms in total. The summed E-state index contributed by atoms with van der Waals surface area (Å²) < 4.78 is 1.13. The van der Waals surface area contributed by atoms with Crippen molar-refractivity contribution in [3.63, 3.8) is 0 Å². The minimum absolute atomic E-state index is 0.109. The molecule has 1 aromatic rings. The average Bonchev–Trinajstić information content (AvgIpc) is 2.30. The summed E-state index contributed by atoms with van der Waals surface area (Å²) in [6.45, 7) is 6.79. The monoisotopic (exact) mass is 297 g/mol. The Hall–Kier alpha value is -0.870. The maximum absolute atomic E-state index is 7.43. The fraction of sp³-hybridized carbons (Fsp3) is 0.462. The van der Waals surface area contributed by atoms with Crippen molar-refractivity contribution in [2.45, 2.75) is 20.4 Å². The minimum atomic E-state index is 0.109. The average molecular weight is 298 g/mol. The summed E-state index contributed by atoms with van der Waals surface area (Å²) >= 11 is 3.56. The van der Waals surface area contributed by atoms with Crippen LogP contribution in [0.4, 0.5) is 0 Å². The standard InChI is InChI=1S/C13H20BrN3/c1-3-17(8-10(2)13(15)16)9-11-6-4-5-7-12(11)14/h4-7,10H,3,8-9H2,1-2H3,(H3,15,16). The van der Waals surface area contributed by atoms with Crippen molar-refractivity contribution < 1.29 is 0 Å². The van der Waals surface area contributed by atoms with Gasteiger partial charge in [0.05, 0.1) is 5.84 Å². The van der Waals surface area contributed by atoms with E-state index in [0.29, 0.717) is 0 Å². The molecule has 0 aromatic heterocycles. The number of amidine groups is 1. The molecular formula is C13H20BrN3. The van der Waals surface area contributed by atoms with E-state index in [1.54, 1.807) is 0 Å². The number of hydrogen-bond donors (Lipinski definition) is 2. The summed E-state index contributed by atoms with van der Waals surface area (Å²) in [6.07, 6.45) is 0. The fourth-order valence-corrected chi connectivity index (χ4v) is 2.07. The number of rotatable bonds is 6. The van der Waals surface area contributed by atoms with Crippen molar-refractivity contribution in [1.29, 1.82) is 5.41 Å². The first-order valence-electron chi connectivity index (χ1n) is 5.84. The van der Waals surface area contributed by atoms with E-state index >= 15 is 0 Å². The van der Waals surface area contributed by atoms with Crippen LogP contribution >= 0.6 is 15.9 Å². The molecule has 0 radical (unpaired) electrons. The lowest BCUT2D eigenvalue weighted by atomic mass is 10.1. The second-order valence-corrected chi connectivity index (χ2v) is 5.13. The molecule has 0 fully saturated rings. The van der Waals surface area contributed by atoms with Gasteiger partial charge in [-0.15, -0.1) is 0 Å². The molecule has 0 saturated carbocycles. The number of nitrogens with two attached hydrogens (primary N) is 1. The summed E-state index contributed by atoms with van der Waals surface area (Å²) in [5.41, 5.74) is 6.78. The molecule has 0 bridgehead atoms. The Labute approximate surface area is 112 Å². The van der Waals surface area contributed by atoms with Crippen LogP contribution in [-0.2, 0) is 6.54 Å². The Morgan fingerprint density at radius 2 is 2.12 bits per heavy atom. The Kier molecular flexibility index (Phi) is 5.65. The quantitative estimate of drug-likeness (QED) is 0.627. The van der Waals surface area contributed by atoms with Crippen molar-refractivity contribution in [1.82, 2.24) is 4.90 Å². The summed E-state index contributed by atoms with van der Waals surface area (Å²) in [5, 5.41) is 7.43. The highest BCUT2D eigenvalue weighted by molar-refractivity contribution is 9.10. The predicted molar refractivity (Wildman–Crippen MR) is 76.2 cm³/mol. The largest absolute Gasteiger partial charge is 0.387 e. The van der Waals surface area contributed by atoms with Gasteiger partial charge in [0.2, 0.25) is 0 Å². The van der Waals surface area contributed by atoms with Crippen molar-refractivity contribution in [3.05, 3.63) is 34.3 Å². The molecule has 0 aliphatic rings. The van der Waals surface area contributed by atoms with Gasteiger partial charge in [0, 0.05) is 23.5 Å². The Morgan fingerprint density at radius 1 is 1.47 bits per heavy atom. The van der Waals surface area contributed by atoms with E-state index in [1.165, 1.54) is 5.56 Å². The van der Waals surface area contributed by atoms with E-state index in [2.05, 4.69) is 39.9 Å². The lowest BCUT2D eigenvalue weighted by molar-refractivity contribution is 0.262. The Balaban J connectivity index is 2.64. The van der Waals surface area contributed by atoms with E-state index in [9.17, 15) is 0 Å². The second-order valence-electron chi connectivity index (χ2n) is 4.28. The zero-order valence-corrected chi connectivity index (χ0v) is 12.0. The summed E-state index contributed by atoms with van der Waals surface area (Å²) in [4.78, 5) is 2.30. The van der Waals surface area contributed by atoms with Crippen LogP contribution in [0, 0.1) is 11.3 Å². The molecule has 3 N–H and O–H groups in total. The Bertz CT molecular complexity index is 379. The smallest absolute Gasteiger partial charge is 0.0947 e. The molecule has 0 aliphatic carbocycles. The van der Waals surface area contributed by atoms with Crippen LogP contribution in [0.15, 0.2) is 28.7 Å². The zero-order valence-electron chi connectivity index (χ0n) is 10.4. The van der Waals surface area contributed by atoms with Gasteiger partial charge in [-0.25, -0.2) is 0 Å². The molecule has 1 unspecified atom stereocenters. The van der Waals surface area contributed by atoms with Crippen molar-refractivity contribution in [2.24, 2.45) is 11.7 Å². The van der Waals surface area contributed by atoms with E-state index in [4.69, 9.17) is 11.1 Å². The fourth-order valence-electron chi connectivity index (χ4n) is 1.66. The summed E-state index contributed by atoms with van der Waals surface area (Å²) in [7, 11) is 0. The highest BCUT2D eigenvalue weighted by atomic mass is 79.9. The van der Waals surface area contributed by atoms with Crippen LogP contribution in [0.3, 0.4) is 0 Å². The van der Waals surface area contributed by atoms with Crippen LogP contribution in [0.5, 0.6) is 0 Å². The topological polar surface area (TPSA) is 53.1 Å². The first-order chi connectivity index (χ1) is 8.04. The van der Waals surface area contributed by atoms with E-state index < -0.39 is 0 Å². The molecule has 0 aliphatic heterocycles. The Morgan fingerprint density at radius 3 is 2.65 bits per heavy atom. The molecule has 0 saturated heterocycles. The molecule has 17 heavy (non-hydrogen) atoms. The van der Waals surface area contributed by atoms with Crippen molar-refractivity contribution in [2.75, 3.05) is 13.1 Å². The maximum Gasteiger partial charge on any atom is 0.0947 e. The van der Waals surface area contributed by atoms with Crippen LogP contribution in [-0.4, -0.2) is 23.8 Å². The van der Waals surface area contributed by atoms with E-state index in [1.807, 2.05) is 19.1 Å². The van der Waals surface area contributed by atoms with Gasteiger partial charge in [0.25, 0.3) is 0 Å². The molecule has 1 atom stereocenters. The van der Waals surface area contributed by atoms with Crippen LogP contribution in [0.2, 0.25) is 0 Å². The normalized spacial score (nSPS) is 12.7. The van der Waals surface area contributed by atoms with Gasteiger partial charge in [-0.2, -0.15) is 0 Å². The highest BCUT2D eigenvalue weighted by Gasteiger charge is 2.12. The van der Waals surface area contributed by atoms with E-state index in [0.717, 1.165) is 24.1 Å². The first-order valence-corrected chi connectivity index (χ1v) is 6.63. The van der Waals surface area contributed by atoms with Gasteiger partial charge < -0.3 is 5.73 Å². The number of halogens is 1. The molecule has 1 aromatic carbocycles. The third kappa shape index (κ3) is 4.48. The number of nitrogens with zero attached hydrogens (tertiary/aromatic N) is 1. The molecule has 0 spiro atoms. The number of hydrogen-bond acceptors (Lipinski definition) is 2. The summed E-state index contributed by atoms with van der Waals surface area (Å²) in [5.74, 6) is 0.369. The lowest BCUT2D eigenvalue weighted by Crippen LogP contribution is -2.34. The zero-order chi connectivity index (χ0) is 12.8. The van der Waals surface area contributed by atoms with Crippen LogP contribution in [0.25, 0.3) is 0 Å². The van der Waals surface area contributed by atoms with Gasteiger partial charge in [0.1, 0.15) is 0 Å². The molecule has 1 rings (SSSR count).